The van der Waals surface area contributed by atoms with E-state index in [-0.39, 0.29) is 38.6 Å². The van der Waals surface area contributed by atoms with Crippen LogP contribution in [0.5, 0.6) is 0 Å². The number of rotatable bonds is 73. The fraction of sp³-hybridized carbons (Fsp3) is 0.778. The maximum Gasteiger partial charge on any atom is 0.472 e. The largest absolute Gasteiger partial charge is 0.472 e. The van der Waals surface area contributed by atoms with Gasteiger partial charge in [-0.1, -0.05) is 381 Å². The number of hydrogen-bond donors (Lipinski definition) is 2. The van der Waals surface area contributed by atoms with Gasteiger partial charge in [0.15, 0.2) is 6.10 Å². The SMILES string of the molecule is CC/C=C\C/C=C\C/C=C\C/C=C\C/C=C\C/C=C\C/C=C\C/C=C\CCCCCCCCCCCCCCCCCCC(=O)OC(COC(=O)CCCCCCCCCCCCCCCCCCCCCCCCCCCCCCC)COP(=O)(O)OCCN. The Kier molecular flexibility index (Phi) is 73.4. The van der Waals surface area contributed by atoms with Gasteiger partial charge in [-0.3, -0.25) is 18.6 Å². The standard InChI is InChI=1S/C81H146NO8P/c1-3-5-7-9-11-13-15-17-19-21-23-25-27-29-31-33-34-35-36-37-38-39-40-41-42-43-44-46-48-50-52-54-56-58-60-62-64-66-68-70-72-74-81(84)90-79(78-89-91(85,86)88-76-75-82)77-87-80(83)73-71-69-67-65-63-61-59-57-55-53-51-49-47-45-32-30-28-26-24-22-20-18-16-14-12-10-8-6-4-2/h5,7,11,13,17,19,23,25,29,31,34-35,37-38,40-41,79H,3-4,6,8-10,12,14-16,18,20-22,24,26-28,30,32-33,36,39,42-78,82H2,1-2H3,(H,85,86)/b7-5-,13-11-,19-17-,25-23-,31-29-,35-34-,38-37-,41-40-. The van der Waals surface area contributed by atoms with E-state index in [1.165, 1.54) is 250 Å². The maximum atomic E-state index is 12.8. The number of hydrogen-bond acceptors (Lipinski definition) is 8. The minimum absolute atomic E-state index is 0.0532. The number of carbonyl (C=O) groups excluding carboxylic acids is 2. The molecule has 0 saturated carbocycles. The molecule has 2 atom stereocenters. The van der Waals surface area contributed by atoms with Crippen LogP contribution in [0.2, 0.25) is 0 Å². The van der Waals surface area contributed by atoms with Gasteiger partial charge in [0.1, 0.15) is 6.61 Å². The molecule has 528 valence electrons. The monoisotopic (exact) mass is 1290 g/mol. The van der Waals surface area contributed by atoms with Gasteiger partial charge in [0.05, 0.1) is 13.2 Å². The molecule has 0 aliphatic carbocycles. The number of nitrogens with two attached hydrogens (primary N) is 1. The Balaban J connectivity index is 3.82. The lowest BCUT2D eigenvalue weighted by atomic mass is 10.0. The highest BCUT2D eigenvalue weighted by Crippen LogP contribution is 2.43. The number of ether oxygens (including phenoxy) is 2. The second kappa shape index (κ2) is 76.0. The quantitative estimate of drug-likeness (QED) is 0.0264. The molecule has 0 aromatic carbocycles. The number of unbranched alkanes of at least 4 members (excludes halogenated alkanes) is 44. The van der Waals surface area contributed by atoms with Gasteiger partial charge in [-0.25, -0.2) is 4.57 Å². The van der Waals surface area contributed by atoms with E-state index in [9.17, 15) is 19.0 Å². The first-order valence-corrected chi connectivity index (χ1v) is 40.2. The molecule has 9 nitrogen and oxygen atoms in total. The van der Waals surface area contributed by atoms with Gasteiger partial charge in [-0.2, -0.15) is 0 Å². The predicted octanol–water partition coefficient (Wildman–Crippen LogP) is 25.9. The lowest BCUT2D eigenvalue weighted by Gasteiger charge is -2.19. The van der Waals surface area contributed by atoms with Crippen molar-refractivity contribution >= 4 is 19.8 Å². The van der Waals surface area contributed by atoms with Crippen molar-refractivity contribution < 1.29 is 37.6 Å². The summed E-state index contributed by atoms with van der Waals surface area (Å²) < 4.78 is 33.3. The van der Waals surface area contributed by atoms with E-state index in [2.05, 4.69) is 111 Å². The van der Waals surface area contributed by atoms with E-state index in [1.807, 2.05) is 0 Å². The van der Waals surface area contributed by atoms with E-state index in [4.69, 9.17) is 24.3 Å². The van der Waals surface area contributed by atoms with Gasteiger partial charge in [0, 0.05) is 19.4 Å². The van der Waals surface area contributed by atoms with E-state index >= 15 is 0 Å². The Labute approximate surface area is 563 Å². The molecule has 0 fully saturated rings. The van der Waals surface area contributed by atoms with E-state index < -0.39 is 26.5 Å². The Morgan fingerprint density at radius 3 is 0.901 bits per heavy atom. The molecule has 0 saturated heterocycles. The fourth-order valence-electron chi connectivity index (χ4n) is 11.3. The lowest BCUT2D eigenvalue weighted by molar-refractivity contribution is -0.161. The summed E-state index contributed by atoms with van der Waals surface area (Å²) in [5.41, 5.74) is 5.41. The van der Waals surface area contributed by atoms with Crippen molar-refractivity contribution in [2.24, 2.45) is 5.73 Å². The molecule has 0 spiro atoms. The van der Waals surface area contributed by atoms with Crippen LogP contribution in [0.25, 0.3) is 0 Å². The minimum Gasteiger partial charge on any atom is -0.462 e. The molecule has 10 heteroatoms. The third kappa shape index (κ3) is 75.8. The van der Waals surface area contributed by atoms with Crippen LogP contribution >= 0.6 is 7.82 Å². The number of allylic oxidation sites excluding steroid dienone is 16. The molecule has 0 rings (SSSR count). The van der Waals surface area contributed by atoms with Crippen molar-refractivity contribution in [3.8, 4) is 0 Å². The third-order valence-electron chi connectivity index (χ3n) is 17.0. The second-order valence-corrected chi connectivity index (χ2v) is 27.3. The Morgan fingerprint density at radius 1 is 0.341 bits per heavy atom. The number of phosphoric acid groups is 1. The van der Waals surface area contributed by atoms with Crippen molar-refractivity contribution in [2.75, 3.05) is 26.4 Å². The molecule has 0 heterocycles. The Morgan fingerprint density at radius 2 is 0.604 bits per heavy atom. The van der Waals surface area contributed by atoms with Crippen molar-refractivity contribution in [3.05, 3.63) is 97.2 Å². The number of esters is 2. The summed E-state index contributed by atoms with van der Waals surface area (Å²) in [5, 5.41) is 0. The zero-order valence-electron chi connectivity index (χ0n) is 59.6. The molecule has 91 heavy (non-hydrogen) atoms. The molecule has 0 aromatic heterocycles. The summed E-state index contributed by atoms with van der Waals surface area (Å²) in [6, 6.07) is 0. The van der Waals surface area contributed by atoms with Crippen LogP contribution in [-0.4, -0.2) is 49.3 Å². The number of phosphoric ester groups is 1. The highest BCUT2D eigenvalue weighted by Gasteiger charge is 2.26. The molecule has 3 N–H and O–H groups in total. The zero-order chi connectivity index (χ0) is 65.8. The molecule has 0 aliphatic rings. The molecule has 0 amide bonds. The van der Waals surface area contributed by atoms with E-state index in [0.717, 1.165) is 89.9 Å². The summed E-state index contributed by atoms with van der Waals surface area (Å²) in [7, 11) is -4.40. The average Bonchev–Trinajstić information content (AvgIpc) is 3.74. The summed E-state index contributed by atoms with van der Waals surface area (Å²) in [5.74, 6) is -0.810. The normalized spacial score (nSPS) is 13.4. The Bertz CT molecular complexity index is 1820. The molecule has 0 aromatic rings. The van der Waals surface area contributed by atoms with Crippen LogP contribution in [-0.2, 0) is 32.7 Å². The van der Waals surface area contributed by atoms with Crippen LogP contribution in [0.4, 0.5) is 0 Å². The molecule has 0 aliphatic heterocycles. The topological polar surface area (TPSA) is 134 Å². The zero-order valence-corrected chi connectivity index (χ0v) is 60.5. The fourth-order valence-corrected chi connectivity index (χ4v) is 12.1. The van der Waals surface area contributed by atoms with Crippen molar-refractivity contribution in [2.45, 2.75) is 380 Å². The molecular weight excluding hydrogens is 1150 g/mol. The molecule has 0 bridgehead atoms. The first-order valence-electron chi connectivity index (χ1n) is 38.7. The van der Waals surface area contributed by atoms with Crippen molar-refractivity contribution in [1.82, 2.24) is 0 Å². The molecule has 0 radical (unpaired) electrons. The molecular formula is C81H146NO8P. The first kappa shape index (κ1) is 87.9. The predicted molar refractivity (Wildman–Crippen MR) is 395 cm³/mol. The lowest BCUT2D eigenvalue weighted by Crippen LogP contribution is -2.29. The summed E-state index contributed by atoms with van der Waals surface area (Å²) in [4.78, 5) is 35.4. The van der Waals surface area contributed by atoms with Gasteiger partial charge in [0.2, 0.25) is 0 Å². The first-order chi connectivity index (χ1) is 44.8. The second-order valence-electron chi connectivity index (χ2n) is 25.9. The van der Waals surface area contributed by atoms with E-state index in [0.29, 0.717) is 6.42 Å². The highest BCUT2D eigenvalue weighted by atomic mass is 31.2. The third-order valence-corrected chi connectivity index (χ3v) is 18.0. The van der Waals surface area contributed by atoms with Crippen LogP contribution in [0.3, 0.4) is 0 Å². The van der Waals surface area contributed by atoms with Gasteiger partial charge in [-0.05, 0) is 77.0 Å². The summed E-state index contributed by atoms with van der Waals surface area (Å²) in [6.45, 7) is 3.69. The van der Waals surface area contributed by atoms with E-state index in [1.54, 1.807) is 0 Å². The average molecular weight is 1290 g/mol. The van der Waals surface area contributed by atoms with Crippen LogP contribution in [0.15, 0.2) is 97.2 Å². The summed E-state index contributed by atoms with van der Waals surface area (Å²) >= 11 is 0. The Hall–Kier alpha value is -3.07. The van der Waals surface area contributed by atoms with Crippen molar-refractivity contribution in [1.29, 1.82) is 0 Å². The van der Waals surface area contributed by atoms with Gasteiger partial charge >= 0.3 is 19.8 Å². The highest BCUT2D eigenvalue weighted by molar-refractivity contribution is 7.47. The van der Waals surface area contributed by atoms with Gasteiger partial charge < -0.3 is 20.1 Å². The van der Waals surface area contributed by atoms with Crippen LogP contribution < -0.4 is 5.73 Å². The van der Waals surface area contributed by atoms with Gasteiger partial charge in [-0.15, -0.1) is 0 Å². The van der Waals surface area contributed by atoms with Crippen LogP contribution in [0.1, 0.15) is 373 Å². The minimum atomic E-state index is -4.40. The van der Waals surface area contributed by atoms with Crippen LogP contribution in [0, 0.1) is 0 Å². The number of carbonyl (C=O) groups is 2. The molecule has 2 unspecified atom stereocenters. The van der Waals surface area contributed by atoms with Gasteiger partial charge in [0.25, 0.3) is 0 Å². The van der Waals surface area contributed by atoms with Crippen molar-refractivity contribution in [3.63, 3.8) is 0 Å². The smallest absolute Gasteiger partial charge is 0.462 e. The summed E-state index contributed by atoms with van der Waals surface area (Å²) in [6.07, 6.45) is 104. The maximum absolute atomic E-state index is 12.8.